The number of anilines is 1. The number of hydrogen-bond donors (Lipinski definition) is 2. The summed E-state index contributed by atoms with van der Waals surface area (Å²) in [7, 11) is 0. The van der Waals surface area contributed by atoms with E-state index < -0.39 is 0 Å². The zero-order valence-corrected chi connectivity index (χ0v) is 17.9. The summed E-state index contributed by atoms with van der Waals surface area (Å²) in [6, 6.07) is 19.5. The molecule has 5 rings (SSSR count). The Bertz CT molecular complexity index is 1340. The Morgan fingerprint density at radius 2 is 1.97 bits per heavy atom. The highest BCUT2D eigenvalue weighted by Crippen LogP contribution is 2.36. The first-order valence-corrected chi connectivity index (χ1v) is 10.9. The molecule has 156 valence electrons. The molecule has 0 fully saturated rings. The lowest BCUT2D eigenvalue weighted by atomic mass is 10.2. The van der Waals surface area contributed by atoms with E-state index in [1.165, 1.54) is 0 Å². The fraction of sp³-hybridized carbons (Fsp3) is 0.167. The topological polar surface area (TPSA) is 71.7 Å². The largest absolute Gasteiger partial charge is 0.508 e. The minimum atomic E-state index is 0.254. The second-order valence-electron chi connectivity index (χ2n) is 7.34. The number of imidazole rings is 1. The molecule has 0 aliphatic heterocycles. The molecule has 0 aliphatic rings. The zero-order valence-electron chi connectivity index (χ0n) is 17.1. The lowest BCUT2D eigenvalue weighted by molar-refractivity contribution is 0.130. The third-order valence-corrected chi connectivity index (χ3v) is 6.22. The number of hydrogen-bond acceptors (Lipinski definition) is 6. The normalized spacial score (nSPS) is 11.4. The molecule has 0 aliphatic carbocycles. The third kappa shape index (κ3) is 3.97. The highest BCUT2D eigenvalue weighted by atomic mass is 32.1. The fourth-order valence-electron chi connectivity index (χ4n) is 3.57. The highest BCUT2D eigenvalue weighted by molar-refractivity contribution is 7.21. The van der Waals surface area contributed by atoms with Crippen molar-refractivity contribution in [3.63, 3.8) is 0 Å². The average molecular weight is 431 g/mol. The van der Waals surface area contributed by atoms with E-state index >= 15 is 0 Å². The maximum absolute atomic E-state index is 9.84. The molecular formula is C24H22N4O2S. The predicted molar refractivity (Wildman–Crippen MR) is 125 cm³/mol. The number of fused-ring (bicyclic) bond motifs is 3. The van der Waals surface area contributed by atoms with Gasteiger partial charge < -0.3 is 15.2 Å². The van der Waals surface area contributed by atoms with E-state index in [1.807, 2.05) is 43.5 Å². The van der Waals surface area contributed by atoms with Crippen molar-refractivity contribution >= 4 is 33.1 Å². The summed E-state index contributed by atoms with van der Waals surface area (Å²) < 4.78 is 7.91. The van der Waals surface area contributed by atoms with E-state index in [9.17, 15) is 5.11 Å². The van der Waals surface area contributed by atoms with Gasteiger partial charge in [0.15, 0.2) is 11.5 Å². The van der Waals surface area contributed by atoms with Crippen LogP contribution in [0.4, 0.5) is 5.82 Å². The molecule has 3 aromatic heterocycles. The van der Waals surface area contributed by atoms with Gasteiger partial charge in [-0.1, -0.05) is 42.5 Å². The van der Waals surface area contributed by atoms with Crippen molar-refractivity contribution in [3.05, 3.63) is 78.1 Å². The molecule has 6 nitrogen and oxygen atoms in total. The van der Waals surface area contributed by atoms with Crippen LogP contribution in [0, 0.1) is 6.92 Å². The van der Waals surface area contributed by atoms with Gasteiger partial charge in [0.1, 0.15) is 16.1 Å². The monoisotopic (exact) mass is 430 g/mol. The van der Waals surface area contributed by atoms with Gasteiger partial charge in [-0.15, -0.1) is 11.3 Å². The number of aromatic nitrogens is 3. The number of aromatic hydroxyl groups is 1. The van der Waals surface area contributed by atoms with Crippen molar-refractivity contribution in [2.45, 2.75) is 13.5 Å². The molecule has 2 aromatic carbocycles. The number of ether oxygens (including phenoxy) is 1. The van der Waals surface area contributed by atoms with E-state index in [-0.39, 0.29) is 5.75 Å². The van der Waals surface area contributed by atoms with Crippen molar-refractivity contribution in [1.82, 2.24) is 14.4 Å². The van der Waals surface area contributed by atoms with Gasteiger partial charge in [0.2, 0.25) is 0 Å². The Hall–Kier alpha value is -3.42. The number of phenols is 1. The number of phenolic OH excluding ortho intramolecular Hbond substituents is 1. The van der Waals surface area contributed by atoms with Gasteiger partial charge in [-0.3, -0.25) is 4.40 Å². The zero-order chi connectivity index (χ0) is 21.2. The third-order valence-electron chi connectivity index (χ3n) is 5.06. The SMILES string of the molecule is Cc1cnc2c(NCCOCc3ccccc3)nc3cc(-c4cccc(O)c4)sc3n12. The Labute approximate surface area is 183 Å². The van der Waals surface area contributed by atoms with E-state index in [1.54, 1.807) is 23.5 Å². The molecule has 2 N–H and O–H groups in total. The van der Waals surface area contributed by atoms with Crippen LogP contribution in [0.25, 0.3) is 26.4 Å². The second-order valence-corrected chi connectivity index (χ2v) is 8.37. The van der Waals surface area contributed by atoms with Crippen LogP contribution in [-0.2, 0) is 11.3 Å². The van der Waals surface area contributed by atoms with Crippen molar-refractivity contribution in [1.29, 1.82) is 0 Å². The van der Waals surface area contributed by atoms with Gasteiger partial charge in [0, 0.05) is 23.3 Å². The van der Waals surface area contributed by atoms with E-state index in [4.69, 9.17) is 9.72 Å². The van der Waals surface area contributed by atoms with Gasteiger partial charge in [-0.25, -0.2) is 9.97 Å². The number of nitrogens with one attached hydrogen (secondary N) is 1. The highest BCUT2D eigenvalue weighted by Gasteiger charge is 2.15. The first-order valence-electron chi connectivity index (χ1n) is 10.1. The lowest BCUT2D eigenvalue weighted by Crippen LogP contribution is -2.11. The maximum atomic E-state index is 9.84. The molecule has 0 unspecified atom stereocenters. The van der Waals surface area contributed by atoms with Gasteiger partial charge in [-0.05, 0) is 36.2 Å². The minimum Gasteiger partial charge on any atom is -0.508 e. The number of benzene rings is 2. The molecule has 0 bridgehead atoms. The molecular weight excluding hydrogens is 408 g/mol. The molecule has 3 heterocycles. The molecule has 7 heteroatoms. The van der Waals surface area contributed by atoms with Gasteiger partial charge in [0.05, 0.1) is 13.2 Å². The standard InChI is InChI=1S/C24H22N4O2S/c1-16-14-26-23-22(25-10-11-30-15-17-6-3-2-4-7-17)27-20-13-21(31-24(20)28(16)23)18-8-5-9-19(29)12-18/h2-9,12-14,29H,10-11,15H2,1H3,(H,25,27). The smallest absolute Gasteiger partial charge is 0.181 e. The van der Waals surface area contributed by atoms with Crippen molar-refractivity contribution in [2.75, 3.05) is 18.5 Å². The predicted octanol–water partition coefficient (Wildman–Crippen LogP) is 5.25. The van der Waals surface area contributed by atoms with Gasteiger partial charge in [-0.2, -0.15) is 0 Å². The van der Waals surface area contributed by atoms with E-state index in [2.05, 4.69) is 32.9 Å². The summed E-state index contributed by atoms with van der Waals surface area (Å²) >= 11 is 1.64. The van der Waals surface area contributed by atoms with Crippen LogP contribution in [0.1, 0.15) is 11.3 Å². The van der Waals surface area contributed by atoms with Gasteiger partial charge in [0.25, 0.3) is 0 Å². The van der Waals surface area contributed by atoms with Crippen LogP contribution in [0.5, 0.6) is 5.75 Å². The lowest BCUT2D eigenvalue weighted by Gasteiger charge is -2.09. The van der Waals surface area contributed by atoms with Crippen LogP contribution in [0.3, 0.4) is 0 Å². The average Bonchev–Trinajstić information content (AvgIpc) is 3.38. The Balaban J connectivity index is 1.39. The molecule has 0 radical (unpaired) electrons. The summed E-state index contributed by atoms with van der Waals surface area (Å²) in [5, 5.41) is 13.2. The van der Waals surface area contributed by atoms with Crippen LogP contribution < -0.4 is 5.32 Å². The second kappa shape index (κ2) is 8.37. The first kappa shape index (κ1) is 19.5. The van der Waals surface area contributed by atoms with Gasteiger partial charge >= 0.3 is 0 Å². The van der Waals surface area contributed by atoms with Crippen LogP contribution in [0.2, 0.25) is 0 Å². The minimum absolute atomic E-state index is 0.254. The molecule has 0 saturated carbocycles. The fourth-order valence-corrected chi connectivity index (χ4v) is 4.72. The summed E-state index contributed by atoms with van der Waals surface area (Å²) in [5.41, 5.74) is 4.88. The number of thiophene rings is 1. The van der Waals surface area contributed by atoms with Crippen molar-refractivity contribution in [3.8, 4) is 16.2 Å². The number of aryl methyl sites for hydroxylation is 1. The summed E-state index contributed by atoms with van der Waals surface area (Å²) in [6.45, 7) is 3.83. The molecule has 0 amide bonds. The Morgan fingerprint density at radius 3 is 2.81 bits per heavy atom. The molecule has 5 aromatic rings. The van der Waals surface area contributed by atoms with Crippen LogP contribution >= 0.6 is 11.3 Å². The van der Waals surface area contributed by atoms with Crippen LogP contribution in [0.15, 0.2) is 66.9 Å². The number of nitrogens with zero attached hydrogens (tertiary/aromatic N) is 3. The molecule has 0 spiro atoms. The van der Waals surface area contributed by atoms with Crippen molar-refractivity contribution < 1.29 is 9.84 Å². The molecule has 0 atom stereocenters. The maximum Gasteiger partial charge on any atom is 0.181 e. The Morgan fingerprint density at radius 1 is 1.10 bits per heavy atom. The van der Waals surface area contributed by atoms with E-state index in [0.29, 0.717) is 19.8 Å². The quantitative estimate of drug-likeness (QED) is 0.345. The molecule has 0 saturated heterocycles. The summed E-state index contributed by atoms with van der Waals surface area (Å²) in [5.74, 6) is 0.994. The summed E-state index contributed by atoms with van der Waals surface area (Å²) in [4.78, 5) is 11.5. The Kier molecular flexibility index (Phi) is 5.28. The van der Waals surface area contributed by atoms with E-state index in [0.717, 1.165) is 43.5 Å². The first-order chi connectivity index (χ1) is 15.2. The van der Waals surface area contributed by atoms with Crippen molar-refractivity contribution in [2.24, 2.45) is 0 Å². The number of rotatable bonds is 7. The summed E-state index contributed by atoms with van der Waals surface area (Å²) in [6.07, 6.45) is 1.86. The molecule has 31 heavy (non-hydrogen) atoms. The van der Waals surface area contributed by atoms with Crippen LogP contribution in [-0.4, -0.2) is 32.6 Å².